The molecule has 0 aliphatic carbocycles. The van der Waals surface area contributed by atoms with Gasteiger partial charge >= 0.3 is 5.97 Å². The number of rotatable bonds is 3. The third-order valence-electron chi connectivity index (χ3n) is 3.48. The van der Waals surface area contributed by atoms with Gasteiger partial charge in [-0.1, -0.05) is 24.3 Å². The zero-order valence-corrected chi connectivity index (χ0v) is 12.1. The minimum absolute atomic E-state index is 0.0669. The molecule has 0 aromatic heterocycles. The quantitative estimate of drug-likeness (QED) is 0.534. The summed E-state index contributed by atoms with van der Waals surface area (Å²) in [6.07, 6.45) is 0. The third-order valence-corrected chi connectivity index (χ3v) is 3.48. The molecule has 3 aromatic carbocycles. The number of benzene rings is 3. The average Bonchev–Trinajstić information content (AvgIpc) is 2.60. The van der Waals surface area contributed by atoms with Crippen LogP contribution in [-0.2, 0) is 0 Å². The van der Waals surface area contributed by atoms with Gasteiger partial charge in [-0.2, -0.15) is 5.10 Å². The van der Waals surface area contributed by atoms with Crippen LogP contribution in [0.4, 0.5) is 5.69 Å². The normalized spacial score (nSPS) is 11.6. The lowest BCUT2D eigenvalue weighted by molar-refractivity contribution is 0.0697. The average molecular weight is 322 g/mol. The maximum atomic E-state index is 12.3. The Kier molecular flexibility index (Phi) is 3.75. The van der Waals surface area contributed by atoms with E-state index in [4.69, 9.17) is 5.11 Å². The molecular formula is C17H10N2O5. The fourth-order valence-electron chi connectivity index (χ4n) is 2.25. The van der Waals surface area contributed by atoms with Crippen molar-refractivity contribution in [2.75, 3.05) is 5.43 Å². The number of aromatic carboxylic acids is 1. The number of carboxylic acid groups (broad SMARTS) is 1. The summed E-state index contributed by atoms with van der Waals surface area (Å²) in [5.41, 5.74) is 0.556. The molecule has 2 N–H and O–H groups in total. The van der Waals surface area contributed by atoms with Gasteiger partial charge in [-0.05, 0) is 24.3 Å². The SMILES string of the molecule is O=C(O)c1ccc(NN=c2c(=O)c(=O)c3ccccc3c2=O)cc1. The summed E-state index contributed by atoms with van der Waals surface area (Å²) >= 11 is 0. The summed E-state index contributed by atoms with van der Waals surface area (Å²) in [6, 6.07) is 11.6. The highest BCUT2D eigenvalue weighted by atomic mass is 16.4. The first-order valence-corrected chi connectivity index (χ1v) is 6.89. The van der Waals surface area contributed by atoms with E-state index in [1.165, 1.54) is 36.4 Å². The van der Waals surface area contributed by atoms with E-state index >= 15 is 0 Å². The molecule has 0 bridgehead atoms. The van der Waals surface area contributed by atoms with Gasteiger partial charge in [-0.3, -0.25) is 19.8 Å². The molecule has 24 heavy (non-hydrogen) atoms. The molecule has 7 heteroatoms. The van der Waals surface area contributed by atoms with Gasteiger partial charge in [0, 0.05) is 10.8 Å². The molecule has 7 nitrogen and oxygen atoms in total. The molecule has 0 saturated heterocycles. The Labute approximate surface area is 133 Å². The predicted octanol–water partition coefficient (Wildman–Crippen LogP) is 0.422. The van der Waals surface area contributed by atoms with Crippen LogP contribution in [0.1, 0.15) is 10.4 Å². The molecule has 0 fully saturated rings. The highest BCUT2D eigenvalue weighted by molar-refractivity contribution is 5.88. The van der Waals surface area contributed by atoms with Crippen LogP contribution in [0.2, 0.25) is 0 Å². The zero-order valence-electron chi connectivity index (χ0n) is 12.1. The standard InChI is InChI=1S/C17H10N2O5/c20-14-11-3-1-2-4-12(11)15(21)16(22)13(14)19-18-10-7-5-9(6-8-10)17(23)24/h1-8,18H,(H,23,24). The Balaban J connectivity index is 2.11. The number of hydrogen-bond acceptors (Lipinski definition) is 6. The Bertz CT molecular complexity index is 1160. The number of nitrogens with one attached hydrogen (secondary N) is 1. The Morgan fingerprint density at radius 3 is 2.00 bits per heavy atom. The van der Waals surface area contributed by atoms with Crippen molar-refractivity contribution < 1.29 is 9.90 Å². The first-order valence-electron chi connectivity index (χ1n) is 6.89. The van der Waals surface area contributed by atoms with Crippen molar-refractivity contribution in [3.63, 3.8) is 0 Å². The van der Waals surface area contributed by atoms with E-state index in [9.17, 15) is 19.2 Å². The molecule has 0 aliphatic rings. The molecule has 0 atom stereocenters. The number of hydrogen-bond donors (Lipinski definition) is 2. The Morgan fingerprint density at radius 1 is 0.833 bits per heavy atom. The van der Waals surface area contributed by atoms with E-state index < -0.39 is 27.6 Å². The van der Waals surface area contributed by atoms with Crippen LogP contribution in [0.25, 0.3) is 10.8 Å². The van der Waals surface area contributed by atoms with Crippen LogP contribution >= 0.6 is 0 Å². The lowest BCUT2D eigenvalue weighted by Crippen LogP contribution is -2.48. The molecule has 0 saturated carbocycles. The summed E-state index contributed by atoms with van der Waals surface area (Å²) in [5, 5.41) is 12.3. The van der Waals surface area contributed by atoms with Gasteiger partial charge in [-0.15, -0.1) is 0 Å². The van der Waals surface area contributed by atoms with Gasteiger partial charge in [0.2, 0.25) is 10.9 Å². The van der Waals surface area contributed by atoms with Crippen molar-refractivity contribution in [2.24, 2.45) is 5.10 Å². The Morgan fingerprint density at radius 2 is 1.42 bits per heavy atom. The van der Waals surface area contributed by atoms with Crippen molar-refractivity contribution in [3.8, 4) is 0 Å². The van der Waals surface area contributed by atoms with Gasteiger partial charge in [0.05, 0.1) is 11.3 Å². The predicted molar refractivity (Wildman–Crippen MR) is 87.7 cm³/mol. The minimum Gasteiger partial charge on any atom is -0.478 e. The van der Waals surface area contributed by atoms with Crippen LogP contribution in [0.15, 0.2) is 68.0 Å². The van der Waals surface area contributed by atoms with Crippen LogP contribution in [0.5, 0.6) is 0 Å². The second-order valence-corrected chi connectivity index (χ2v) is 4.99. The van der Waals surface area contributed by atoms with E-state index in [-0.39, 0.29) is 16.3 Å². The van der Waals surface area contributed by atoms with E-state index in [1.807, 2.05) is 0 Å². The first kappa shape index (κ1) is 15.3. The molecule has 0 radical (unpaired) electrons. The number of carboxylic acids is 1. The topological polar surface area (TPSA) is 113 Å². The zero-order chi connectivity index (χ0) is 17.3. The van der Waals surface area contributed by atoms with Gasteiger partial charge in [0.25, 0.3) is 5.43 Å². The molecular weight excluding hydrogens is 312 g/mol. The molecule has 0 spiro atoms. The summed E-state index contributed by atoms with van der Waals surface area (Å²) in [6.45, 7) is 0. The van der Waals surface area contributed by atoms with Gasteiger partial charge in [0.1, 0.15) is 0 Å². The monoisotopic (exact) mass is 322 g/mol. The third kappa shape index (κ3) is 2.58. The molecule has 0 heterocycles. The second-order valence-electron chi connectivity index (χ2n) is 4.99. The van der Waals surface area contributed by atoms with Gasteiger partial charge in [-0.25, -0.2) is 4.79 Å². The molecule has 0 amide bonds. The number of fused-ring (bicyclic) bond motifs is 1. The summed E-state index contributed by atoms with van der Waals surface area (Å²) < 4.78 is 0. The largest absolute Gasteiger partial charge is 0.478 e. The second kappa shape index (κ2) is 5.88. The van der Waals surface area contributed by atoms with Crippen LogP contribution < -0.4 is 27.1 Å². The fourth-order valence-corrected chi connectivity index (χ4v) is 2.25. The van der Waals surface area contributed by atoms with Crippen molar-refractivity contribution in [1.82, 2.24) is 0 Å². The molecule has 3 rings (SSSR count). The molecule has 0 aliphatic heterocycles. The summed E-state index contributed by atoms with van der Waals surface area (Å²) in [4.78, 5) is 47.2. The highest BCUT2D eigenvalue weighted by Crippen LogP contribution is 2.09. The minimum atomic E-state index is -1.08. The van der Waals surface area contributed by atoms with Crippen molar-refractivity contribution >= 4 is 22.4 Å². The number of nitrogens with zero attached hydrogens (tertiary/aromatic N) is 1. The van der Waals surface area contributed by atoms with Crippen LogP contribution in [0, 0.1) is 0 Å². The molecule has 0 unspecified atom stereocenters. The summed E-state index contributed by atoms with van der Waals surface area (Å²) in [7, 11) is 0. The van der Waals surface area contributed by atoms with Crippen LogP contribution in [0.3, 0.4) is 0 Å². The lowest BCUT2D eigenvalue weighted by Gasteiger charge is -2.00. The maximum absolute atomic E-state index is 12.3. The van der Waals surface area contributed by atoms with Crippen LogP contribution in [-0.4, -0.2) is 11.1 Å². The van der Waals surface area contributed by atoms with Crippen molar-refractivity contribution in [1.29, 1.82) is 0 Å². The fraction of sp³-hybridized carbons (Fsp3) is 0. The molecule has 118 valence electrons. The van der Waals surface area contributed by atoms with E-state index in [0.29, 0.717) is 5.69 Å². The van der Waals surface area contributed by atoms with Crippen molar-refractivity contribution in [2.45, 2.75) is 0 Å². The molecule has 3 aromatic rings. The summed E-state index contributed by atoms with van der Waals surface area (Å²) in [5.74, 6) is -1.08. The lowest BCUT2D eigenvalue weighted by atomic mass is 10.1. The van der Waals surface area contributed by atoms with E-state index in [2.05, 4.69) is 10.5 Å². The number of anilines is 1. The van der Waals surface area contributed by atoms with Crippen molar-refractivity contribution in [3.05, 3.63) is 90.1 Å². The van der Waals surface area contributed by atoms with E-state index in [1.54, 1.807) is 12.1 Å². The smallest absolute Gasteiger partial charge is 0.335 e. The van der Waals surface area contributed by atoms with Gasteiger partial charge in [0.15, 0.2) is 5.36 Å². The first-order chi connectivity index (χ1) is 11.5. The maximum Gasteiger partial charge on any atom is 0.335 e. The highest BCUT2D eigenvalue weighted by Gasteiger charge is 2.10. The van der Waals surface area contributed by atoms with Gasteiger partial charge < -0.3 is 5.11 Å². The van der Waals surface area contributed by atoms with E-state index in [0.717, 1.165) is 0 Å². The number of carbonyl (C=O) groups is 1. The Hall–Kier alpha value is -3.61.